The van der Waals surface area contributed by atoms with Crippen LogP contribution < -0.4 is 4.74 Å². The zero-order valence-corrected chi connectivity index (χ0v) is 8.49. The van der Waals surface area contributed by atoms with Crippen LogP contribution in [0.3, 0.4) is 0 Å². The lowest BCUT2D eigenvalue weighted by Crippen LogP contribution is -2.22. The van der Waals surface area contributed by atoms with Crippen LogP contribution in [-0.2, 0) is 6.42 Å². The summed E-state index contributed by atoms with van der Waals surface area (Å²) >= 11 is 0. The fourth-order valence-electron chi connectivity index (χ4n) is 1.98. The van der Waals surface area contributed by atoms with Gasteiger partial charge in [-0.15, -0.1) is 0 Å². The molecular weight excluding hydrogens is 176 g/mol. The molecule has 0 aliphatic carbocycles. The molecule has 0 spiro atoms. The molecule has 2 heteroatoms. The van der Waals surface area contributed by atoms with E-state index in [2.05, 4.69) is 6.92 Å². The highest BCUT2D eigenvalue weighted by Gasteiger charge is 2.20. The first kappa shape index (κ1) is 9.38. The normalized spacial score (nSPS) is 19.9. The van der Waals surface area contributed by atoms with Gasteiger partial charge >= 0.3 is 0 Å². The van der Waals surface area contributed by atoms with Crippen LogP contribution >= 0.6 is 0 Å². The van der Waals surface area contributed by atoms with Crippen LogP contribution in [-0.4, -0.2) is 11.2 Å². The summed E-state index contributed by atoms with van der Waals surface area (Å²) in [6.45, 7) is 2.17. The zero-order valence-electron chi connectivity index (χ0n) is 8.49. The monoisotopic (exact) mass is 192 g/mol. The maximum atomic E-state index is 9.59. The molecule has 0 aromatic heterocycles. The molecule has 0 saturated heterocycles. The summed E-state index contributed by atoms with van der Waals surface area (Å²) in [6.07, 6.45) is 4.56. The van der Waals surface area contributed by atoms with Crippen LogP contribution in [0.15, 0.2) is 18.2 Å². The van der Waals surface area contributed by atoms with Crippen molar-refractivity contribution < 1.29 is 9.84 Å². The van der Waals surface area contributed by atoms with Gasteiger partial charge in [0, 0.05) is 5.56 Å². The highest BCUT2D eigenvalue weighted by atomic mass is 16.5. The van der Waals surface area contributed by atoms with E-state index in [-0.39, 0.29) is 0 Å². The van der Waals surface area contributed by atoms with E-state index >= 15 is 0 Å². The molecular formula is C12H16O2. The van der Waals surface area contributed by atoms with Gasteiger partial charge in [-0.25, -0.2) is 0 Å². The van der Waals surface area contributed by atoms with Crippen LogP contribution in [0.4, 0.5) is 0 Å². The molecule has 1 atom stereocenters. The van der Waals surface area contributed by atoms with Gasteiger partial charge in [0.25, 0.3) is 0 Å². The second-order valence-electron chi connectivity index (χ2n) is 3.82. The Bertz CT molecular complexity index is 320. The Hall–Kier alpha value is -1.18. The lowest BCUT2D eigenvalue weighted by atomic mass is 9.99. The molecule has 2 nitrogen and oxygen atoms in total. The number of aromatic hydroxyl groups is 1. The fraction of sp³-hybridized carbons (Fsp3) is 0.500. The Balaban J connectivity index is 2.18. The van der Waals surface area contributed by atoms with Crippen molar-refractivity contribution >= 4 is 0 Å². The standard InChI is InChI=1S/C12H16O2/c1-2-4-9-7-8-10-11(13)5-3-6-12(10)14-9/h3,5-6,9,13H,2,4,7-8H2,1H3. The number of benzene rings is 1. The molecule has 2 rings (SSSR count). The molecule has 0 amide bonds. The summed E-state index contributed by atoms with van der Waals surface area (Å²) in [5, 5.41) is 9.59. The number of fused-ring (bicyclic) bond motifs is 1. The Labute approximate surface area is 84.5 Å². The van der Waals surface area contributed by atoms with Gasteiger partial charge in [0.1, 0.15) is 11.5 Å². The molecule has 1 aliphatic rings. The number of phenols is 1. The van der Waals surface area contributed by atoms with E-state index in [1.165, 1.54) is 0 Å². The molecule has 0 saturated carbocycles. The van der Waals surface area contributed by atoms with E-state index in [9.17, 15) is 5.11 Å². The van der Waals surface area contributed by atoms with Crippen molar-refractivity contribution in [3.05, 3.63) is 23.8 Å². The Morgan fingerprint density at radius 1 is 1.50 bits per heavy atom. The fourth-order valence-corrected chi connectivity index (χ4v) is 1.98. The number of hydrogen-bond donors (Lipinski definition) is 1. The maximum absolute atomic E-state index is 9.59. The molecule has 1 heterocycles. The SMILES string of the molecule is CCCC1CCc2c(O)cccc2O1. The molecule has 1 aromatic carbocycles. The summed E-state index contributed by atoms with van der Waals surface area (Å²) in [5.41, 5.74) is 0.972. The molecule has 76 valence electrons. The minimum Gasteiger partial charge on any atom is -0.508 e. The molecule has 1 aromatic rings. The maximum Gasteiger partial charge on any atom is 0.126 e. The van der Waals surface area contributed by atoms with Crippen molar-refractivity contribution in [2.75, 3.05) is 0 Å². The van der Waals surface area contributed by atoms with E-state index < -0.39 is 0 Å². The van der Waals surface area contributed by atoms with Gasteiger partial charge in [-0.3, -0.25) is 0 Å². The molecule has 1 aliphatic heterocycles. The van der Waals surface area contributed by atoms with Gasteiger partial charge in [0.05, 0.1) is 6.10 Å². The summed E-state index contributed by atoms with van der Waals surface area (Å²) in [6, 6.07) is 5.50. The van der Waals surface area contributed by atoms with Gasteiger partial charge in [-0.1, -0.05) is 19.4 Å². The van der Waals surface area contributed by atoms with Crippen LogP contribution in [0.2, 0.25) is 0 Å². The van der Waals surface area contributed by atoms with E-state index in [4.69, 9.17) is 4.74 Å². The van der Waals surface area contributed by atoms with Gasteiger partial charge in [-0.2, -0.15) is 0 Å². The summed E-state index contributed by atoms with van der Waals surface area (Å²) < 4.78 is 5.79. The van der Waals surface area contributed by atoms with Crippen LogP contribution in [0, 0.1) is 0 Å². The van der Waals surface area contributed by atoms with Crippen molar-refractivity contribution in [3.8, 4) is 11.5 Å². The third-order valence-corrected chi connectivity index (χ3v) is 2.73. The van der Waals surface area contributed by atoms with Gasteiger partial charge < -0.3 is 9.84 Å². The second kappa shape index (κ2) is 3.91. The molecule has 1 unspecified atom stereocenters. The van der Waals surface area contributed by atoms with Crippen molar-refractivity contribution in [1.82, 2.24) is 0 Å². The first-order valence-corrected chi connectivity index (χ1v) is 5.28. The van der Waals surface area contributed by atoms with Crippen molar-refractivity contribution in [2.45, 2.75) is 38.7 Å². The average molecular weight is 192 g/mol. The third kappa shape index (κ3) is 1.69. The van der Waals surface area contributed by atoms with Crippen LogP contribution in [0.25, 0.3) is 0 Å². The van der Waals surface area contributed by atoms with E-state index in [0.29, 0.717) is 11.9 Å². The lowest BCUT2D eigenvalue weighted by molar-refractivity contribution is 0.161. The largest absolute Gasteiger partial charge is 0.508 e. The Morgan fingerprint density at radius 2 is 2.36 bits per heavy atom. The first-order chi connectivity index (χ1) is 6.81. The van der Waals surface area contributed by atoms with E-state index in [1.54, 1.807) is 6.07 Å². The minimum absolute atomic E-state index is 0.342. The summed E-state index contributed by atoms with van der Waals surface area (Å²) in [7, 11) is 0. The zero-order chi connectivity index (χ0) is 9.97. The quantitative estimate of drug-likeness (QED) is 0.780. The molecule has 0 bridgehead atoms. The molecule has 0 fully saturated rings. The molecule has 1 N–H and O–H groups in total. The lowest BCUT2D eigenvalue weighted by Gasteiger charge is -2.26. The van der Waals surface area contributed by atoms with Crippen molar-refractivity contribution in [1.29, 1.82) is 0 Å². The van der Waals surface area contributed by atoms with E-state index in [1.807, 2.05) is 12.1 Å². The van der Waals surface area contributed by atoms with Gasteiger partial charge in [0.2, 0.25) is 0 Å². The predicted molar refractivity (Wildman–Crippen MR) is 55.8 cm³/mol. The summed E-state index contributed by atoms with van der Waals surface area (Å²) in [4.78, 5) is 0. The average Bonchev–Trinajstić information content (AvgIpc) is 2.18. The Morgan fingerprint density at radius 3 is 3.14 bits per heavy atom. The number of rotatable bonds is 2. The Kier molecular flexibility index (Phi) is 2.62. The van der Waals surface area contributed by atoms with Crippen molar-refractivity contribution in [2.24, 2.45) is 0 Å². The number of hydrogen-bond acceptors (Lipinski definition) is 2. The van der Waals surface area contributed by atoms with E-state index in [0.717, 1.165) is 37.0 Å². The first-order valence-electron chi connectivity index (χ1n) is 5.28. The predicted octanol–water partition coefficient (Wildman–Crippen LogP) is 2.89. The third-order valence-electron chi connectivity index (χ3n) is 2.73. The minimum atomic E-state index is 0.342. The van der Waals surface area contributed by atoms with Gasteiger partial charge in [0.15, 0.2) is 0 Å². The smallest absolute Gasteiger partial charge is 0.126 e. The number of phenolic OH excluding ortho intramolecular Hbond substituents is 1. The van der Waals surface area contributed by atoms with Crippen LogP contribution in [0.5, 0.6) is 11.5 Å². The molecule has 0 radical (unpaired) electrons. The highest BCUT2D eigenvalue weighted by Crippen LogP contribution is 2.34. The summed E-state index contributed by atoms with van der Waals surface area (Å²) in [5.74, 6) is 1.24. The molecule has 14 heavy (non-hydrogen) atoms. The number of ether oxygens (including phenoxy) is 1. The van der Waals surface area contributed by atoms with Crippen LogP contribution in [0.1, 0.15) is 31.7 Å². The second-order valence-corrected chi connectivity index (χ2v) is 3.82. The van der Waals surface area contributed by atoms with Gasteiger partial charge in [-0.05, 0) is 31.4 Å². The van der Waals surface area contributed by atoms with Crippen molar-refractivity contribution in [3.63, 3.8) is 0 Å². The topological polar surface area (TPSA) is 29.5 Å². The highest BCUT2D eigenvalue weighted by molar-refractivity contribution is 5.45.